The van der Waals surface area contributed by atoms with E-state index in [0.717, 1.165) is 0 Å². The van der Waals surface area contributed by atoms with Crippen LogP contribution in [0.1, 0.15) is 16.7 Å². The first-order chi connectivity index (χ1) is 16.0. The molecule has 0 saturated heterocycles. The Morgan fingerprint density at radius 3 is 2.55 bits per heavy atom. The number of rotatable bonds is 6. The van der Waals surface area contributed by atoms with Gasteiger partial charge in [-0.25, -0.2) is 14.6 Å². The zero-order valence-corrected chi connectivity index (χ0v) is 17.1. The summed E-state index contributed by atoms with van der Waals surface area (Å²) >= 11 is 0. The number of aliphatic imine (C=N–C) groups is 1. The minimum Gasteiger partial charge on any atom is -0.423 e. The van der Waals surface area contributed by atoms with Crippen molar-refractivity contribution in [3.8, 4) is 5.75 Å². The predicted octanol–water partition coefficient (Wildman–Crippen LogP) is 4.56. The van der Waals surface area contributed by atoms with Crippen molar-refractivity contribution in [2.75, 3.05) is 0 Å². The lowest BCUT2D eigenvalue weighted by Gasteiger charge is -2.05. The van der Waals surface area contributed by atoms with Gasteiger partial charge in [0.15, 0.2) is 5.70 Å². The van der Waals surface area contributed by atoms with Crippen molar-refractivity contribution in [1.29, 1.82) is 0 Å². The van der Waals surface area contributed by atoms with Gasteiger partial charge in [0.1, 0.15) is 5.75 Å². The number of hydrogen-bond acceptors (Lipinski definition) is 7. The van der Waals surface area contributed by atoms with Crippen molar-refractivity contribution in [2.24, 2.45) is 4.99 Å². The lowest BCUT2D eigenvalue weighted by molar-refractivity contribution is -0.384. The maximum atomic E-state index is 12.3. The highest BCUT2D eigenvalue weighted by Crippen LogP contribution is 2.25. The molecule has 162 valence electrons. The Kier molecular flexibility index (Phi) is 6.17. The first-order valence-electron chi connectivity index (χ1n) is 9.81. The monoisotopic (exact) mass is 440 g/mol. The summed E-state index contributed by atoms with van der Waals surface area (Å²) in [6, 6.07) is 21.5. The number of esters is 2. The fraction of sp³-hybridized carbons (Fsp3) is 0. The Hall–Kier alpha value is -4.85. The van der Waals surface area contributed by atoms with Gasteiger partial charge in [0.05, 0.1) is 4.92 Å². The molecule has 0 unspecified atom stereocenters. The number of carbonyl (C=O) groups excluding carboxylic acids is 2. The van der Waals surface area contributed by atoms with Gasteiger partial charge < -0.3 is 9.47 Å². The first kappa shape index (κ1) is 21.4. The van der Waals surface area contributed by atoms with Gasteiger partial charge in [-0.05, 0) is 35.9 Å². The van der Waals surface area contributed by atoms with E-state index in [0.29, 0.717) is 16.7 Å². The molecule has 8 heteroatoms. The fourth-order valence-corrected chi connectivity index (χ4v) is 3.00. The molecule has 0 bridgehead atoms. The summed E-state index contributed by atoms with van der Waals surface area (Å²) in [4.78, 5) is 39.2. The topological polar surface area (TPSA) is 108 Å². The molecule has 33 heavy (non-hydrogen) atoms. The highest BCUT2D eigenvalue weighted by atomic mass is 16.6. The van der Waals surface area contributed by atoms with Crippen LogP contribution in [0.5, 0.6) is 5.75 Å². The number of para-hydroxylation sites is 1. The minimum absolute atomic E-state index is 0.0736. The van der Waals surface area contributed by atoms with Crippen molar-refractivity contribution in [2.45, 2.75) is 0 Å². The zero-order valence-electron chi connectivity index (χ0n) is 17.1. The lowest BCUT2D eigenvalue weighted by Crippen LogP contribution is -2.06. The van der Waals surface area contributed by atoms with E-state index in [9.17, 15) is 19.7 Å². The molecular formula is C25H16N2O6. The van der Waals surface area contributed by atoms with Crippen molar-refractivity contribution < 1.29 is 24.0 Å². The number of non-ortho nitro benzene ring substituents is 1. The van der Waals surface area contributed by atoms with E-state index in [2.05, 4.69) is 4.99 Å². The number of benzene rings is 3. The van der Waals surface area contributed by atoms with E-state index in [1.54, 1.807) is 42.5 Å². The van der Waals surface area contributed by atoms with E-state index >= 15 is 0 Å². The second-order valence-corrected chi connectivity index (χ2v) is 6.85. The standard InChI is InChI=1S/C25H16N2O6/c28-23(14-13-17-7-6-11-20(15-17)27(30)31)32-22-12-5-4-10-19(22)16-21-25(29)33-24(26-21)18-8-2-1-3-9-18/h1-16H/b14-13+,21-16-. The number of nitro benzene ring substituents is 1. The van der Waals surface area contributed by atoms with Crippen LogP contribution < -0.4 is 4.74 Å². The SMILES string of the molecule is O=C(/C=C/c1cccc([N+](=O)[O-])c1)Oc1ccccc1/C=C1\N=C(c2ccccc2)OC1=O. The first-order valence-corrected chi connectivity index (χ1v) is 9.81. The molecule has 1 aliphatic heterocycles. The third-order valence-electron chi connectivity index (χ3n) is 4.56. The summed E-state index contributed by atoms with van der Waals surface area (Å²) in [7, 11) is 0. The highest BCUT2D eigenvalue weighted by Gasteiger charge is 2.24. The van der Waals surface area contributed by atoms with Gasteiger partial charge in [0.2, 0.25) is 5.90 Å². The van der Waals surface area contributed by atoms with E-state index in [1.807, 2.05) is 18.2 Å². The Morgan fingerprint density at radius 2 is 1.76 bits per heavy atom. The zero-order chi connectivity index (χ0) is 23.2. The van der Waals surface area contributed by atoms with Crippen LogP contribution in [0.4, 0.5) is 5.69 Å². The van der Waals surface area contributed by atoms with Crippen molar-refractivity contribution in [3.63, 3.8) is 0 Å². The number of ether oxygens (including phenoxy) is 2. The molecule has 0 N–H and O–H groups in total. The average Bonchev–Trinajstić information content (AvgIpc) is 3.20. The normalized spacial score (nSPS) is 14.2. The van der Waals surface area contributed by atoms with Crippen LogP contribution in [0, 0.1) is 10.1 Å². The molecule has 3 aromatic rings. The van der Waals surface area contributed by atoms with E-state index in [4.69, 9.17) is 9.47 Å². The molecule has 1 heterocycles. The maximum Gasteiger partial charge on any atom is 0.363 e. The number of nitrogens with zero attached hydrogens (tertiary/aromatic N) is 2. The summed E-state index contributed by atoms with van der Waals surface area (Å²) in [5.41, 5.74) is 1.60. The van der Waals surface area contributed by atoms with Crippen molar-refractivity contribution in [3.05, 3.63) is 117 Å². The van der Waals surface area contributed by atoms with Crippen LogP contribution >= 0.6 is 0 Å². The molecule has 8 nitrogen and oxygen atoms in total. The van der Waals surface area contributed by atoms with E-state index in [1.165, 1.54) is 36.4 Å². The second-order valence-electron chi connectivity index (χ2n) is 6.85. The Labute approximate surface area is 188 Å². The smallest absolute Gasteiger partial charge is 0.363 e. The van der Waals surface area contributed by atoms with Gasteiger partial charge >= 0.3 is 11.9 Å². The van der Waals surface area contributed by atoms with Crippen LogP contribution in [0.25, 0.3) is 12.2 Å². The third kappa shape index (κ3) is 5.26. The molecule has 0 spiro atoms. The second kappa shape index (κ2) is 9.52. The Bertz CT molecular complexity index is 1330. The molecule has 0 radical (unpaired) electrons. The number of hydrogen-bond donors (Lipinski definition) is 0. The van der Waals surface area contributed by atoms with Gasteiger partial charge in [-0.1, -0.05) is 48.5 Å². The molecule has 1 aliphatic rings. The largest absolute Gasteiger partial charge is 0.423 e. The van der Waals surface area contributed by atoms with Gasteiger partial charge in [-0.15, -0.1) is 0 Å². The van der Waals surface area contributed by atoms with Crippen molar-refractivity contribution >= 4 is 35.7 Å². The van der Waals surface area contributed by atoms with Crippen LogP contribution in [0.2, 0.25) is 0 Å². The quantitative estimate of drug-likeness (QED) is 0.183. The van der Waals surface area contributed by atoms with Gasteiger partial charge in [0.25, 0.3) is 5.69 Å². The minimum atomic E-state index is -0.685. The van der Waals surface area contributed by atoms with Crippen LogP contribution in [-0.4, -0.2) is 22.8 Å². The summed E-state index contributed by atoms with van der Waals surface area (Å²) in [6.45, 7) is 0. The maximum absolute atomic E-state index is 12.3. The fourth-order valence-electron chi connectivity index (χ4n) is 3.00. The molecule has 0 aliphatic carbocycles. The predicted molar refractivity (Wildman–Crippen MR) is 121 cm³/mol. The third-order valence-corrected chi connectivity index (χ3v) is 4.56. The molecular weight excluding hydrogens is 424 g/mol. The highest BCUT2D eigenvalue weighted by molar-refractivity contribution is 6.13. The lowest BCUT2D eigenvalue weighted by atomic mass is 10.1. The van der Waals surface area contributed by atoms with Gasteiger partial charge in [-0.3, -0.25) is 10.1 Å². The summed E-state index contributed by atoms with van der Waals surface area (Å²) < 4.78 is 10.6. The summed E-state index contributed by atoms with van der Waals surface area (Å²) in [6.07, 6.45) is 4.06. The van der Waals surface area contributed by atoms with Gasteiger partial charge in [0, 0.05) is 29.3 Å². The summed E-state index contributed by atoms with van der Waals surface area (Å²) in [5, 5.41) is 10.9. The van der Waals surface area contributed by atoms with Crippen LogP contribution in [-0.2, 0) is 14.3 Å². The van der Waals surface area contributed by atoms with E-state index in [-0.39, 0.29) is 23.0 Å². The Balaban J connectivity index is 1.53. The molecule has 0 fully saturated rings. The molecule has 4 rings (SSSR count). The van der Waals surface area contributed by atoms with Crippen LogP contribution in [0.15, 0.2) is 95.6 Å². The number of cyclic esters (lactones) is 1. The summed E-state index contributed by atoms with van der Waals surface area (Å²) in [5.74, 6) is -0.883. The van der Waals surface area contributed by atoms with Crippen molar-refractivity contribution in [1.82, 2.24) is 0 Å². The molecule has 0 aromatic heterocycles. The molecule has 0 amide bonds. The Morgan fingerprint density at radius 1 is 1.00 bits per heavy atom. The molecule has 0 saturated carbocycles. The average molecular weight is 440 g/mol. The molecule has 3 aromatic carbocycles. The van der Waals surface area contributed by atoms with Crippen LogP contribution in [0.3, 0.4) is 0 Å². The molecule has 0 atom stereocenters. The number of nitro groups is 1. The van der Waals surface area contributed by atoms with E-state index < -0.39 is 16.9 Å². The number of carbonyl (C=O) groups is 2. The van der Waals surface area contributed by atoms with Gasteiger partial charge in [-0.2, -0.15) is 0 Å².